The Labute approximate surface area is 136 Å². The molecule has 0 amide bonds. The van der Waals surface area contributed by atoms with E-state index in [9.17, 15) is 14.9 Å². The Bertz CT molecular complexity index is 565. The van der Waals surface area contributed by atoms with Crippen LogP contribution in [0.1, 0.15) is 52.3 Å². The Hall–Kier alpha value is -2.18. The predicted molar refractivity (Wildman–Crippen MR) is 86.4 cm³/mol. The maximum absolute atomic E-state index is 11.8. The third-order valence-corrected chi connectivity index (χ3v) is 3.62. The summed E-state index contributed by atoms with van der Waals surface area (Å²) in [5.41, 5.74) is 1.40. The number of nitrogens with zero attached hydrogens (tertiary/aromatic N) is 3. The van der Waals surface area contributed by atoms with E-state index in [4.69, 9.17) is 4.74 Å². The van der Waals surface area contributed by atoms with Crippen LogP contribution in [0.2, 0.25) is 0 Å². The number of nitro groups is 1. The molecule has 7 heteroatoms. The highest BCUT2D eigenvalue weighted by Crippen LogP contribution is 2.39. The molecule has 1 heterocycles. The Balaban J connectivity index is 0.00000127. The fraction of sp³-hybridized carbons (Fsp3) is 0.625. The average molecular weight is 323 g/mol. The van der Waals surface area contributed by atoms with Gasteiger partial charge >= 0.3 is 5.97 Å². The van der Waals surface area contributed by atoms with E-state index in [1.54, 1.807) is 18.5 Å². The van der Waals surface area contributed by atoms with Crippen molar-refractivity contribution in [1.29, 1.82) is 0 Å². The number of ether oxygens (including phenoxy) is 1. The molecule has 0 N–H and O–H groups in total. The van der Waals surface area contributed by atoms with Crippen LogP contribution >= 0.6 is 0 Å². The number of hydrogen-bond acceptors (Lipinski definition) is 5. The van der Waals surface area contributed by atoms with Gasteiger partial charge in [0.1, 0.15) is 0 Å². The molecule has 2 rings (SSSR count). The zero-order valence-electron chi connectivity index (χ0n) is 14.2. The summed E-state index contributed by atoms with van der Waals surface area (Å²) in [6.45, 7) is 7.88. The molecular weight excluding hydrogens is 298 g/mol. The van der Waals surface area contributed by atoms with Crippen molar-refractivity contribution in [3.8, 4) is 0 Å². The van der Waals surface area contributed by atoms with Crippen LogP contribution in [0.25, 0.3) is 0 Å². The Morgan fingerprint density at radius 3 is 2.74 bits per heavy atom. The number of carbonyl (C=O) groups is 1. The number of aromatic nitrogens is 2. The van der Waals surface area contributed by atoms with E-state index in [1.165, 1.54) is 0 Å². The lowest BCUT2D eigenvalue weighted by atomic mass is 9.79. The normalized spacial score (nSPS) is 20.1. The molecule has 0 saturated heterocycles. The highest BCUT2D eigenvalue weighted by molar-refractivity contribution is 5.74. The lowest BCUT2D eigenvalue weighted by Gasteiger charge is -2.34. The Morgan fingerprint density at radius 2 is 2.22 bits per heavy atom. The van der Waals surface area contributed by atoms with Crippen LogP contribution in [0.5, 0.6) is 0 Å². The van der Waals surface area contributed by atoms with Gasteiger partial charge in [-0.1, -0.05) is 13.8 Å². The van der Waals surface area contributed by atoms with Crippen molar-refractivity contribution >= 4 is 5.97 Å². The molecule has 0 aromatic carbocycles. The minimum Gasteiger partial charge on any atom is -0.466 e. The van der Waals surface area contributed by atoms with Crippen LogP contribution in [-0.4, -0.2) is 27.3 Å². The fourth-order valence-corrected chi connectivity index (χ4v) is 2.49. The van der Waals surface area contributed by atoms with E-state index in [-0.39, 0.29) is 17.9 Å². The fourth-order valence-electron chi connectivity index (χ4n) is 2.49. The molecule has 0 spiro atoms. The first kappa shape index (κ1) is 18.9. The first-order valence-corrected chi connectivity index (χ1v) is 8.02. The van der Waals surface area contributed by atoms with Gasteiger partial charge in [-0.3, -0.25) is 19.6 Å². The molecule has 1 fully saturated rings. The van der Waals surface area contributed by atoms with Crippen LogP contribution in [-0.2, 0) is 16.0 Å². The van der Waals surface area contributed by atoms with E-state index in [0.717, 1.165) is 24.7 Å². The lowest BCUT2D eigenvalue weighted by molar-refractivity contribution is -0.403. The summed E-state index contributed by atoms with van der Waals surface area (Å²) in [5, 5.41) is 14.8. The molecule has 0 radical (unpaired) electrons. The van der Waals surface area contributed by atoms with Crippen LogP contribution in [0.3, 0.4) is 0 Å². The number of hydrogen-bond donors (Lipinski definition) is 0. The summed E-state index contributed by atoms with van der Waals surface area (Å²) < 4.78 is 6.83. The van der Waals surface area contributed by atoms with Gasteiger partial charge in [0.25, 0.3) is 0 Å². The molecule has 1 aromatic rings. The highest BCUT2D eigenvalue weighted by Gasteiger charge is 2.39. The zero-order valence-corrected chi connectivity index (χ0v) is 14.2. The van der Waals surface area contributed by atoms with Crippen molar-refractivity contribution in [2.75, 3.05) is 6.61 Å². The van der Waals surface area contributed by atoms with Gasteiger partial charge in [0.2, 0.25) is 6.20 Å². The van der Waals surface area contributed by atoms with Crippen molar-refractivity contribution in [2.24, 2.45) is 5.92 Å². The van der Waals surface area contributed by atoms with E-state index < -0.39 is 4.92 Å². The van der Waals surface area contributed by atoms with Gasteiger partial charge in [-0.15, -0.1) is 0 Å². The molecule has 0 bridgehead atoms. The highest BCUT2D eigenvalue weighted by atomic mass is 16.6. The SMILES string of the molecule is CC.CCOC(=O)C1CCC1n1ccc(CC(C)=C[N+](=O)[O-])n1. The molecule has 23 heavy (non-hydrogen) atoms. The molecule has 1 aliphatic carbocycles. The van der Waals surface area contributed by atoms with Crippen molar-refractivity contribution in [2.45, 2.75) is 53.0 Å². The zero-order chi connectivity index (χ0) is 17.4. The number of esters is 1. The summed E-state index contributed by atoms with van der Waals surface area (Å²) >= 11 is 0. The predicted octanol–water partition coefficient (Wildman–Crippen LogP) is 3.15. The maximum Gasteiger partial charge on any atom is 0.311 e. The molecule has 2 atom stereocenters. The van der Waals surface area contributed by atoms with Crippen molar-refractivity contribution in [3.05, 3.63) is 39.8 Å². The first-order valence-electron chi connectivity index (χ1n) is 8.02. The summed E-state index contributed by atoms with van der Waals surface area (Å²) in [6, 6.07) is 1.87. The Kier molecular flexibility index (Phi) is 7.44. The lowest BCUT2D eigenvalue weighted by Crippen LogP contribution is -2.36. The van der Waals surface area contributed by atoms with Gasteiger partial charge in [-0.05, 0) is 32.8 Å². The largest absolute Gasteiger partial charge is 0.466 e. The number of rotatable bonds is 6. The van der Waals surface area contributed by atoms with Crippen LogP contribution in [0, 0.1) is 16.0 Å². The topological polar surface area (TPSA) is 87.3 Å². The number of allylic oxidation sites excluding steroid dienone is 1. The second kappa shape index (κ2) is 9.07. The van der Waals surface area contributed by atoms with Gasteiger partial charge in [0.15, 0.2) is 0 Å². The van der Waals surface area contributed by atoms with Crippen LogP contribution < -0.4 is 0 Å². The van der Waals surface area contributed by atoms with E-state index in [0.29, 0.717) is 18.6 Å². The van der Waals surface area contributed by atoms with E-state index >= 15 is 0 Å². The molecule has 1 saturated carbocycles. The average Bonchev–Trinajstić information content (AvgIpc) is 2.86. The quantitative estimate of drug-likeness (QED) is 0.456. The molecule has 0 aliphatic heterocycles. The van der Waals surface area contributed by atoms with Gasteiger partial charge in [0, 0.05) is 18.2 Å². The molecule has 1 aliphatic rings. The van der Waals surface area contributed by atoms with Gasteiger partial charge < -0.3 is 4.74 Å². The second-order valence-corrected chi connectivity index (χ2v) is 5.23. The third kappa shape index (κ3) is 5.19. The van der Waals surface area contributed by atoms with Crippen molar-refractivity contribution in [1.82, 2.24) is 9.78 Å². The summed E-state index contributed by atoms with van der Waals surface area (Å²) in [4.78, 5) is 21.7. The number of carbonyl (C=O) groups excluding carboxylic acids is 1. The second-order valence-electron chi connectivity index (χ2n) is 5.23. The molecule has 128 valence electrons. The third-order valence-electron chi connectivity index (χ3n) is 3.62. The van der Waals surface area contributed by atoms with Gasteiger partial charge in [-0.25, -0.2) is 0 Å². The molecule has 7 nitrogen and oxygen atoms in total. The van der Waals surface area contributed by atoms with Crippen LogP contribution in [0.4, 0.5) is 0 Å². The summed E-state index contributed by atoms with van der Waals surface area (Å²) in [7, 11) is 0. The monoisotopic (exact) mass is 323 g/mol. The Morgan fingerprint density at radius 1 is 1.52 bits per heavy atom. The molecular formula is C16H25N3O4. The van der Waals surface area contributed by atoms with Crippen LogP contribution in [0.15, 0.2) is 24.0 Å². The van der Waals surface area contributed by atoms with Crippen molar-refractivity contribution < 1.29 is 14.5 Å². The van der Waals surface area contributed by atoms with Gasteiger partial charge in [-0.2, -0.15) is 5.10 Å². The smallest absolute Gasteiger partial charge is 0.311 e. The summed E-state index contributed by atoms with van der Waals surface area (Å²) in [5.74, 6) is -0.302. The van der Waals surface area contributed by atoms with E-state index in [1.807, 2.05) is 26.1 Å². The minimum absolute atomic E-state index is 0.0394. The van der Waals surface area contributed by atoms with E-state index in [2.05, 4.69) is 5.10 Å². The first-order chi connectivity index (χ1) is 11.0. The summed E-state index contributed by atoms with van der Waals surface area (Å²) in [6.07, 6.45) is 4.96. The molecule has 1 aromatic heterocycles. The molecule has 2 unspecified atom stereocenters. The minimum atomic E-state index is -0.463. The van der Waals surface area contributed by atoms with Gasteiger partial charge in [0.05, 0.1) is 29.2 Å². The maximum atomic E-state index is 11.8. The standard InChI is InChI=1S/C14H19N3O4.C2H6/c1-3-21-14(18)12-4-5-13(12)16-7-6-11(15-16)8-10(2)9-17(19)20;1-2/h6-7,9,12-13H,3-5,8H2,1-2H3;1-2H3. The van der Waals surface area contributed by atoms with Crippen molar-refractivity contribution in [3.63, 3.8) is 0 Å².